The molecule has 8 heteroatoms. The molecule has 0 unspecified atom stereocenters. The van der Waals surface area contributed by atoms with E-state index in [0.717, 1.165) is 21.2 Å². The second-order valence-electron chi connectivity index (χ2n) is 7.55. The van der Waals surface area contributed by atoms with Crippen molar-refractivity contribution in [1.82, 2.24) is 4.90 Å². The van der Waals surface area contributed by atoms with Crippen LogP contribution in [0.3, 0.4) is 0 Å². The zero-order valence-corrected chi connectivity index (χ0v) is 19.4. The fraction of sp³-hybridized carbons (Fsp3) is 0.0800. The Balaban J connectivity index is 1.56. The molecule has 1 fully saturated rings. The number of amides is 2. The van der Waals surface area contributed by atoms with E-state index in [9.17, 15) is 9.59 Å². The molecule has 5 rings (SSSR count). The quantitative estimate of drug-likeness (QED) is 0.543. The molecule has 2 amide bonds. The van der Waals surface area contributed by atoms with Crippen LogP contribution in [0, 0.1) is 0 Å². The molecule has 0 aromatic heterocycles. The van der Waals surface area contributed by atoms with E-state index in [1.165, 1.54) is 11.8 Å². The maximum Gasteiger partial charge on any atom is 0.269 e. The van der Waals surface area contributed by atoms with Crippen molar-refractivity contribution < 1.29 is 9.59 Å². The van der Waals surface area contributed by atoms with Crippen LogP contribution in [0.5, 0.6) is 0 Å². The SMILES string of the molecule is CN1C(=C2SC(=Nc3cccc(C(N)=O)c3)N(Cc3ccccc3)C2=O)Sc2ccccc21. The van der Waals surface area contributed by atoms with Crippen LogP contribution >= 0.6 is 23.5 Å². The fourth-order valence-corrected chi connectivity index (χ4v) is 6.01. The smallest absolute Gasteiger partial charge is 0.269 e. The predicted octanol–water partition coefficient (Wildman–Crippen LogP) is 4.96. The summed E-state index contributed by atoms with van der Waals surface area (Å²) in [4.78, 5) is 35.5. The van der Waals surface area contributed by atoms with E-state index in [1.807, 2.05) is 55.6 Å². The van der Waals surface area contributed by atoms with Crippen molar-refractivity contribution in [3.05, 3.63) is 99.9 Å². The van der Waals surface area contributed by atoms with Crippen LogP contribution in [-0.2, 0) is 11.3 Å². The highest BCUT2D eigenvalue weighted by atomic mass is 32.2. The minimum Gasteiger partial charge on any atom is -0.366 e. The number of amidine groups is 1. The number of carbonyl (C=O) groups is 2. The largest absolute Gasteiger partial charge is 0.366 e. The summed E-state index contributed by atoms with van der Waals surface area (Å²) in [6, 6.07) is 24.7. The third-order valence-electron chi connectivity index (χ3n) is 5.33. The molecular weight excluding hydrogens is 452 g/mol. The molecule has 3 aromatic rings. The van der Waals surface area contributed by atoms with E-state index < -0.39 is 5.91 Å². The number of carbonyl (C=O) groups excluding carboxylic acids is 2. The molecule has 2 aliphatic rings. The van der Waals surface area contributed by atoms with Gasteiger partial charge in [0.2, 0.25) is 5.91 Å². The van der Waals surface area contributed by atoms with Crippen LogP contribution in [0.15, 0.2) is 98.7 Å². The lowest BCUT2D eigenvalue weighted by atomic mass is 10.2. The molecular formula is C25H20N4O2S2. The topological polar surface area (TPSA) is 79.0 Å². The van der Waals surface area contributed by atoms with Gasteiger partial charge in [-0.3, -0.25) is 14.5 Å². The standard InChI is InChI=1S/C25H20N4O2S2/c1-28-19-12-5-6-13-20(19)32-24(28)21-23(31)29(15-16-8-3-2-4-9-16)25(33-21)27-18-11-7-10-17(14-18)22(26)30/h2-14H,15H2,1H3,(H2,26,30). The van der Waals surface area contributed by atoms with Gasteiger partial charge in [-0.2, -0.15) is 0 Å². The third-order valence-corrected chi connectivity index (χ3v) is 7.77. The van der Waals surface area contributed by atoms with Crippen LogP contribution < -0.4 is 10.6 Å². The first kappa shape index (κ1) is 21.4. The lowest BCUT2D eigenvalue weighted by molar-refractivity contribution is -0.122. The number of nitrogens with zero attached hydrogens (tertiary/aromatic N) is 3. The second kappa shape index (κ2) is 8.80. The van der Waals surface area contributed by atoms with Gasteiger partial charge in [0.25, 0.3) is 5.91 Å². The minimum absolute atomic E-state index is 0.0872. The molecule has 33 heavy (non-hydrogen) atoms. The van der Waals surface area contributed by atoms with Crippen molar-refractivity contribution >= 4 is 51.9 Å². The number of nitrogens with two attached hydrogens (primary N) is 1. The van der Waals surface area contributed by atoms with Crippen molar-refractivity contribution in [3.8, 4) is 0 Å². The average Bonchev–Trinajstić information content (AvgIpc) is 3.31. The molecule has 0 aliphatic carbocycles. The summed E-state index contributed by atoms with van der Waals surface area (Å²) < 4.78 is 0. The summed E-state index contributed by atoms with van der Waals surface area (Å²) in [7, 11) is 1.97. The molecule has 2 N–H and O–H groups in total. The number of aliphatic imine (C=N–C) groups is 1. The summed E-state index contributed by atoms with van der Waals surface area (Å²) in [5, 5.41) is 1.46. The lowest BCUT2D eigenvalue weighted by Gasteiger charge is -2.17. The predicted molar refractivity (Wildman–Crippen MR) is 134 cm³/mol. The van der Waals surface area contributed by atoms with Gasteiger partial charge in [-0.15, -0.1) is 0 Å². The average molecular weight is 473 g/mol. The van der Waals surface area contributed by atoms with Gasteiger partial charge in [-0.25, -0.2) is 4.99 Å². The Morgan fingerprint density at radius 1 is 0.970 bits per heavy atom. The molecule has 0 radical (unpaired) electrons. The van der Waals surface area contributed by atoms with Gasteiger partial charge in [0, 0.05) is 17.5 Å². The minimum atomic E-state index is -0.516. The normalized spacial score (nSPS) is 18.8. The molecule has 164 valence electrons. The maximum absolute atomic E-state index is 13.6. The van der Waals surface area contributed by atoms with E-state index in [2.05, 4.69) is 11.0 Å². The highest BCUT2D eigenvalue weighted by molar-refractivity contribution is 8.19. The van der Waals surface area contributed by atoms with Crippen molar-refractivity contribution in [1.29, 1.82) is 0 Å². The number of thioether (sulfide) groups is 2. The van der Waals surface area contributed by atoms with Crippen molar-refractivity contribution in [2.75, 3.05) is 11.9 Å². The Morgan fingerprint density at radius 3 is 2.48 bits per heavy atom. The van der Waals surface area contributed by atoms with Crippen LogP contribution in [0.2, 0.25) is 0 Å². The lowest BCUT2D eigenvalue weighted by Crippen LogP contribution is -2.29. The first-order valence-electron chi connectivity index (χ1n) is 10.3. The number of primary amides is 1. The van der Waals surface area contributed by atoms with E-state index >= 15 is 0 Å². The molecule has 0 saturated carbocycles. The summed E-state index contributed by atoms with van der Waals surface area (Å²) in [5.41, 5.74) is 8.46. The van der Waals surface area contributed by atoms with Gasteiger partial charge in [-0.05, 0) is 47.7 Å². The Hall–Kier alpha value is -3.49. The number of hydrogen-bond acceptors (Lipinski definition) is 6. The van der Waals surface area contributed by atoms with Gasteiger partial charge in [0.1, 0.15) is 4.91 Å². The highest BCUT2D eigenvalue weighted by Gasteiger charge is 2.39. The Morgan fingerprint density at radius 2 is 1.73 bits per heavy atom. The number of anilines is 1. The summed E-state index contributed by atoms with van der Waals surface area (Å²) >= 11 is 2.94. The number of benzene rings is 3. The molecule has 1 saturated heterocycles. The maximum atomic E-state index is 13.6. The molecule has 2 heterocycles. The van der Waals surface area contributed by atoms with E-state index in [-0.39, 0.29) is 5.91 Å². The van der Waals surface area contributed by atoms with Gasteiger partial charge in [-0.1, -0.05) is 60.3 Å². The van der Waals surface area contributed by atoms with Gasteiger partial charge < -0.3 is 10.6 Å². The molecule has 0 atom stereocenters. The van der Waals surface area contributed by atoms with E-state index in [1.54, 1.807) is 40.9 Å². The van der Waals surface area contributed by atoms with Crippen LogP contribution in [0.25, 0.3) is 0 Å². The fourth-order valence-electron chi connectivity index (χ4n) is 3.66. The van der Waals surface area contributed by atoms with Crippen molar-refractivity contribution in [2.24, 2.45) is 10.7 Å². The first-order chi connectivity index (χ1) is 16.0. The number of rotatable bonds is 4. The van der Waals surface area contributed by atoms with Crippen molar-refractivity contribution in [2.45, 2.75) is 11.4 Å². The summed E-state index contributed by atoms with van der Waals surface area (Å²) in [6.07, 6.45) is 0. The van der Waals surface area contributed by atoms with Gasteiger partial charge >= 0.3 is 0 Å². The van der Waals surface area contributed by atoms with Crippen LogP contribution in [0.4, 0.5) is 11.4 Å². The Bertz CT molecular complexity index is 1320. The number of para-hydroxylation sites is 1. The Labute approximate surface area is 200 Å². The molecule has 0 spiro atoms. The molecule has 6 nitrogen and oxygen atoms in total. The molecule has 3 aromatic carbocycles. The van der Waals surface area contributed by atoms with Crippen LogP contribution in [0.1, 0.15) is 15.9 Å². The molecule has 0 bridgehead atoms. The third kappa shape index (κ3) is 4.15. The van der Waals surface area contributed by atoms with Gasteiger partial charge in [0.15, 0.2) is 5.17 Å². The zero-order chi connectivity index (χ0) is 22.9. The number of fused-ring (bicyclic) bond motifs is 1. The van der Waals surface area contributed by atoms with Crippen molar-refractivity contribution in [3.63, 3.8) is 0 Å². The van der Waals surface area contributed by atoms with E-state index in [0.29, 0.717) is 27.9 Å². The monoisotopic (exact) mass is 472 g/mol. The summed E-state index contributed by atoms with van der Waals surface area (Å²) in [6.45, 7) is 0.402. The van der Waals surface area contributed by atoms with E-state index in [4.69, 9.17) is 10.7 Å². The Kier molecular flexibility index (Phi) is 5.70. The highest BCUT2D eigenvalue weighted by Crippen LogP contribution is 2.50. The summed E-state index contributed by atoms with van der Waals surface area (Å²) in [5.74, 6) is -0.603. The second-order valence-corrected chi connectivity index (χ2v) is 9.56. The van der Waals surface area contributed by atoms with Crippen LogP contribution in [-0.4, -0.2) is 28.9 Å². The molecule has 2 aliphatic heterocycles. The zero-order valence-electron chi connectivity index (χ0n) is 17.8. The first-order valence-corrected chi connectivity index (χ1v) is 11.9. The van der Waals surface area contributed by atoms with Gasteiger partial charge in [0.05, 0.1) is 22.9 Å². The number of hydrogen-bond donors (Lipinski definition) is 1.